The zero-order valence-electron chi connectivity index (χ0n) is 16.6. The van der Waals surface area contributed by atoms with Crippen molar-refractivity contribution in [3.8, 4) is 0 Å². The van der Waals surface area contributed by atoms with Crippen LogP contribution in [0.5, 0.6) is 0 Å². The van der Waals surface area contributed by atoms with Crippen LogP contribution in [0.15, 0.2) is 60.7 Å². The van der Waals surface area contributed by atoms with Crippen molar-refractivity contribution in [1.82, 2.24) is 0 Å². The fourth-order valence-electron chi connectivity index (χ4n) is 1.05. The van der Waals surface area contributed by atoms with Crippen LogP contribution >= 0.6 is 0 Å². The van der Waals surface area contributed by atoms with Crippen LogP contribution in [0, 0.1) is 0 Å². The molecule has 0 fully saturated rings. The number of rotatable bonds is 3. The molecule has 0 saturated carbocycles. The Balaban J connectivity index is -0.000000380. The van der Waals surface area contributed by atoms with Gasteiger partial charge in [-0.2, -0.15) is 0 Å². The van der Waals surface area contributed by atoms with Gasteiger partial charge in [-0.3, -0.25) is 0 Å². The van der Waals surface area contributed by atoms with E-state index in [0.717, 1.165) is 0 Å². The summed E-state index contributed by atoms with van der Waals surface area (Å²) in [5.74, 6) is 0. The van der Waals surface area contributed by atoms with Gasteiger partial charge < -0.3 is 44.0 Å². The van der Waals surface area contributed by atoms with Crippen molar-refractivity contribution in [1.29, 1.82) is 0 Å². The zero-order chi connectivity index (χ0) is 24.1. The van der Waals surface area contributed by atoms with Crippen LogP contribution in [-0.4, -0.2) is 69.2 Å². The number of ether oxygens (including phenoxy) is 2. The van der Waals surface area contributed by atoms with Gasteiger partial charge in [-0.05, 0) is 0 Å². The molecule has 0 aromatic heterocycles. The summed E-state index contributed by atoms with van der Waals surface area (Å²) in [5, 5.41) is 0. The third-order valence-corrected chi connectivity index (χ3v) is 8.95. The predicted octanol–water partition coefficient (Wildman–Crippen LogP) is 4.09. The molecule has 0 aliphatic rings. The van der Waals surface area contributed by atoms with Crippen molar-refractivity contribution >= 4 is 49.7 Å². The molecule has 30 heavy (non-hydrogen) atoms. The average Bonchev–Trinajstić information content (AvgIpc) is 2.60. The molecule has 2 aromatic carbocycles. The minimum absolute atomic E-state index is 0.635. The molecular formula is C16H22B2F8O2Se2-2. The van der Waals surface area contributed by atoms with Gasteiger partial charge in [0.25, 0.3) is 0 Å². The Labute approximate surface area is 182 Å². The Bertz CT molecular complexity index is 526. The van der Waals surface area contributed by atoms with Gasteiger partial charge in [0.2, 0.25) is 0 Å². The van der Waals surface area contributed by atoms with E-state index in [0.29, 0.717) is 26.3 Å². The third kappa shape index (κ3) is 45.6. The van der Waals surface area contributed by atoms with Crippen molar-refractivity contribution in [3.63, 3.8) is 0 Å². The monoisotopic (exact) mass is 580 g/mol. The minimum atomic E-state index is -6.00. The van der Waals surface area contributed by atoms with Crippen molar-refractivity contribution in [3.05, 3.63) is 60.7 Å². The number of benzene rings is 2. The number of hydrogen-bond acceptors (Lipinski definition) is 2. The molecular weight excluding hydrogens is 556 g/mol. The molecule has 0 heterocycles. The first kappa shape index (κ1) is 33.6. The van der Waals surface area contributed by atoms with Crippen molar-refractivity contribution < 1.29 is 44.0 Å². The van der Waals surface area contributed by atoms with E-state index in [1.54, 1.807) is 28.4 Å². The van der Waals surface area contributed by atoms with Crippen LogP contribution in [0.2, 0.25) is 0 Å². The summed E-state index contributed by atoms with van der Waals surface area (Å²) in [7, 11) is -5.50. The van der Waals surface area contributed by atoms with Crippen molar-refractivity contribution in [2.24, 2.45) is 0 Å². The molecule has 2 aromatic rings. The molecule has 0 bridgehead atoms. The Kier molecular flexibility index (Phi) is 23.8. The number of halogens is 8. The second-order valence-corrected chi connectivity index (χ2v) is 10.9. The topological polar surface area (TPSA) is 18.5 Å². The van der Waals surface area contributed by atoms with Crippen molar-refractivity contribution in [2.75, 3.05) is 28.4 Å². The summed E-state index contributed by atoms with van der Waals surface area (Å²) in [6, 6.07) is 21.6. The van der Waals surface area contributed by atoms with Gasteiger partial charge >= 0.3 is 110 Å². The number of methoxy groups -OCH3 is 2. The summed E-state index contributed by atoms with van der Waals surface area (Å²) >= 11 is 1.27. The quantitative estimate of drug-likeness (QED) is 0.404. The molecule has 0 spiro atoms. The molecule has 14 heteroatoms. The van der Waals surface area contributed by atoms with E-state index in [1.165, 1.54) is 8.92 Å². The van der Waals surface area contributed by atoms with Gasteiger partial charge in [0.05, 0.1) is 0 Å². The molecule has 0 amide bonds. The molecule has 0 atom stereocenters. The molecule has 0 aliphatic heterocycles. The van der Waals surface area contributed by atoms with Gasteiger partial charge in [0.1, 0.15) is 0 Å². The van der Waals surface area contributed by atoms with E-state index in [2.05, 4.69) is 70.1 Å². The first-order valence-electron chi connectivity index (χ1n) is 7.78. The van der Waals surface area contributed by atoms with Crippen LogP contribution < -0.4 is 8.92 Å². The molecule has 0 radical (unpaired) electrons. The second-order valence-electron chi connectivity index (χ2n) is 4.60. The van der Waals surface area contributed by atoms with Gasteiger partial charge in [0, 0.05) is 28.4 Å². The van der Waals surface area contributed by atoms with Gasteiger partial charge in [-0.15, -0.1) is 0 Å². The van der Waals surface area contributed by atoms with E-state index in [1.807, 2.05) is 0 Å². The molecule has 0 N–H and O–H groups in total. The first-order valence-corrected chi connectivity index (χ1v) is 13.8. The Morgan fingerprint density at radius 2 is 0.667 bits per heavy atom. The van der Waals surface area contributed by atoms with Gasteiger partial charge in [-0.1, -0.05) is 0 Å². The summed E-state index contributed by atoms with van der Waals surface area (Å²) in [6.07, 6.45) is 0. The van der Waals surface area contributed by atoms with Gasteiger partial charge in [-0.25, -0.2) is 0 Å². The Morgan fingerprint density at radius 3 is 0.833 bits per heavy atom. The van der Waals surface area contributed by atoms with E-state index in [4.69, 9.17) is 0 Å². The molecule has 0 unspecified atom stereocenters. The van der Waals surface area contributed by atoms with Crippen LogP contribution in [-0.2, 0) is 9.47 Å². The van der Waals surface area contributed by atoms with Crippen LogP contribution in [0.4, 0.5) is 34.5 Å². The summed E-state index contributed by atoms with van der Waals surface area (Å²) in [4.78, 5) is 0. The predicted molar refractivity (Wildman–Crippen MR) is 110 cm³/mol. The number of hydrogen-bond donors (Lipinski definition) is 0. The van der Waals surface area contributed by atoms with Crippen LogP contribution in [0.3, 0.4) is 0 Å². The van der Waals surface area contributed by atoms with Crippen LogP contribution in [0.25, 0.3) is 0 Å². The first-order chi connectivity index (χ1) is 13.8. The Hall–Kier alpha value is -1.03. The molecule has 0 aliphatic carbocycles. The molecule has 2 nitrogen and oxygen atoms in total. The van der Waals surface area contributed by atoms with E-state index in [9.17, 15) is 34.5 Å². The Morgan fingerprint density at radius 1 is 0.500 bits per heavy atom. The van der Waals surface area contributed by atoms with Gasteiger partial charge in [0.15, 0.2) is 0 Å². The summed E-state index contributed by atoms with van der Waals surface area (Å²) in [5.41, 5.74) is 0. The normalized spacial score (nSPS) is 9.87. The molecule has 0 saturated heterocycles. The van der Waals surface area contributed by atoms with E-state index >= 15 is 0 Å². The maximum atomic E-state index is 9.75. The van der Waals surface area contributed by atoms with E-state index < -0.39 is 14.5 Å². The molecule has 174 valence electrons. The average molecular weight is 578 g/mol. The zero-order valence-corrected chi connectivity index (χ0v) is 20.0. The van der Waals surface area contributed by atoms with Crippen LogP contribution in [0.1, 0.15) is 0 Å². The molecule has 2 rings (SSSR count). The third-order valence-electron chi connectivity index (χ3n) is 1.72. The second kappa shape index (κ2) is 21.2. The fraction of sp³-hybridized carbons (Fsp3) is 0.250. The standard InChI is InChI=1S/C12H10Se2.2C2H6O.2BF4/c1-3-7-11(8-4-1)13-14-12-9-5-2-6-10-12;2*1-3-2;2*2-1(3,4)5/h1-10H;2*1-2H3;;/q;;;2*-1. The SMILES string of the molecule is COC.COC.F[B-](F)(F)F.F[B-](F)(F)F.c1ccc([Se][Se]c2ccccc2)cc1. The summed E-state index contributed by atoms with van der Waals surface area (Å²) < 4.78 is 89.5. The fourth-order valence-corrected chi connectivity index (χ4v) is 7.10. The maximum absolute atomic E-state index is 9.75. The summed E-state index contributed by atoms with van der Waals surface area (Å²) in [6.45, 7) is 0. The van der Waals surface area contributed by atoms with E-state index in [-0.39, 0.29) is 0 Å². The van der Waals surface area contributed by atoms with Crippen molar-refractivity contribution in [2.45, 2.75) is 0 Å².